The molecule has 27 heavy (non-hydrogen) atoms. The Morgan fingerprint density at radius 3 is 2.37 bits per heavy atom. The largest absolute Gasteiger partial charge is 0.303 e. The van der Waals surface area contributed by atoms with Crippen molar-refractivity contribution in [1.29, 1.82) is 0 Å². The Hall–Kier alpha value is -0.820. The van der Waals surface area contributed by atoms with Gasteiger partial charge in [0.2, 0.25) is 14.4 Å². The molecule has 1 fully saturated rings. The van der Waals surface area contributed by atoms with Crippen LogP contribution in [0.5, 0.6) is 0 Å². The topological polar surface area (TPSA) is 57.7 Å². The average molecular weight is 431 g/mol. The standard InChI is InChI=1S/C19H24Cl2N2O3S/c1-12-11-18(2,3)23-16-14(12)9-13(10-15(16)19(20,21)17(23)24)27(25,26)22-7-5-4-6-8-22/h9-10,12H,4-8,11H2,1-3H3. The zero-order chi connectivity index (χ0) is 19.8. The summed E-state index contributed by atoms with van der Waals surface area (Å²) in [5.41, 5.74) is 1.48. The van der Waals surface area contributed by atoms with Gasteiger partial charge in [-0.05, 0) is 56.7 Å². The van der Waals surface area contributed by atoms with Crippen molar-refractivity contribution in [2.75, 3.05) is 18.0 Å². The summed E-state index contributed by atoms with van der Waals surface area (Å²) < 4.78 is 26.2. The molecule has 8 heteroatoms. The number of hydrogen-bond acceptors (Lipinski definition) is 3. The molecule has 1 unspecified atom stereocenters. The Morgan fingerprint density at radius 2 is 1.74 bits per heavy atom. The lowest BCUT2D eigenvalue weighted by Crippen LogP contribution is -2.51. The van der Waals surface area contributed by atoms with Crippen molar-refractivity contribution in [3.05, 3.63) is 23.3 Å². The molecule has 0 aromatic heterocycles. The first-order valence-electron chi connectivity index (χ1n) is 9.39. The zero-order valence-electron chi connectivity index (χ0n) is 15.8. The molecule has 0 aliphatic carbocycles. The van der Waals surface area contributed by atoms with Gasteiger partial charge in [0.05, 0.1) is 10.6 Å². The first-order valence-corrected chi connectivity index (χ1v) is 11.6. The summed E-state index contributed by atoms with van der Waals surface area (Å²) in [5.74, 6) is -0.303. The number of hydrogen-bond donors (Lipinski definition) is 0. The number of sulfonamides is 1. The Balaban J connectivity index is 1.92. The highest BCUT2D eigenvalue weighted by Crippen LogP contribution is 2.57. The summed E-state index contributed by atoms with van der Waals surface area (Å²) in [7, 11) is -3.64. The van der Waals surface area contributed by atoms with Gasteiger partial charge in [-0.25, -0.2) is 8.42 Å². The van der Waals surface area contributed by atoms with E-state index in [-0.39, 0.29) is 10.8 Å². The minimum Gasteiger partial charge on any atom is -0.303 e. The van der Waals surface area contributed by atoms with Gasteiger partial charge in [0.15, 0.2) is 0 Å². The van der Waals surface area contributed by atoms with E-state index in [1.165, 1.54) is 10.4 Å². The van der Waals surface area contributed by atoms with Crippen LogP contribution in [0.15, 0.2) is 17.0 Å². The van der Waals surface area contributed by atoms with Gasteiger partial charge in [-0.3, -0.25) is 4.79 Å². The van der Waals surface area contributed by atoms with Gasteiger partial charge in [0, 0.05) is 24.2 Å². The van der Waals surface area contributed by atoms with Crippen molar-refractivity contribution < 1.29 is 13.2 Å². The fraction of sp³-hybridized carbons (Fsp3) is 0.632. The lowest BCUT2D eigenvalue weighted by Gasteiger charge is -2.44. The number of carbonyl (C=O) groups is 1. The maximum absolute atomic E-state index is 13.2. The van der Waals surface area contributed by atoms with Crippen molar-refractivity contribution in [1.82, 2.24) is 4.31 Å². The highest BCUT2D eigenvalue weighted by molar-refractivity contribution is 7.89. The zero-order valence-corrected chi connectivity index (χ0v) is 18.1. The van der Waals surface area contributed by atoms with Crippen LogP contribution in [-0.2, 0) is 19.2 Å². The fourth-order valence-electron chi connectivity index (χ4n) is 4.78. The molecule has 3 aliphatic rings. The number of anilines is 1. The molecule has 0 spiro atoms. The average Bonchev–Trinajstić information content (AvgIpc) is 2.81. The molecule has 0 bridgehead atoms. The molecular formula is C19H24Cl2N2O3S. The molecule has 5 nitrogen and oxygen atoms in total. The maximum Gasteiger partial charge on any atom is 0.268 e. The second-order valence-electron chi connectivity index (χ2n) is 8.51. The molecule has 0 saturated carbocycles. The van der Waals surface area contributed by atoms with Crippen LogP contribution >= 0.6 is 23.2 Å². The van der Waals surface area contributed by atoms with E-state index in [2.05, 4.69) is 6.92 Å². The molecule has 1 atom stereocenters. The molecule has 148 valence electrons. The molecule has 1 aromatic carbocycles. The van der Waals surface area contributed by atoms with Crippen LogP contribution in [0.2, 0.25) is 0 Å². The van der Waals surface area contributed by atoms with Crippen LogP contribution < -0.4 is 4.90 Å². The van der Waals surface area contributed by atoms with Gasteiger partial charge < -0.3 is 4.90 Å². The van der Waals surface area contributed by atoms with Gasteiger partial charge >= 0.3 is 0 Å². The fourth-order valence-corrected chi connectivity index (χ4v) is 6.82. The number of carbonyl (C=O) groups excluding carboxylic acids is 1. The lowest BCUT2D eigenvalue weighted by atomic mass is 9.80. The van der Waals surface area contributed by atoms with E-state index in [1.54, 1.807) is 11.0 Å². The molecule has 3 heterocycles. The van der Waals surface area contributed by atoms with E-state index >= 15 is 0 Å². The Kier molecular flexibility index (Phi) is 4.39. The molecule has 0 radical (unpaired) electrons. The third kappa shape index (κ3) is 2.75. The van der Waals surface area contributed by atoms with E-state index in [0.717, 1.165) is 24.8 Å². The molecule has 1 amide bonds. The van der Waals surface area contributed by atoms with Crippen LogP contribution in [0.3, 0.4) is 0 Å². The van der Waals surface area contributed by atoms with Crippen molar-refractivity contribution in [2.24, 2.45) is 0 Å². The van der Waals surface area contributed by atoms with E-state index < -0.39 is 25.8 Å². The summed E-state index contributed by atoms with van der Waals surface area (Å²) in [6.45, 7) is 7.08. The van der Waals surface area contributed by atoms with Gasteiger partial charge in [0.25, 0.3) is 5.91 Å². The van der Waals surface area contributed by atoms with Crippen LogP contribution in [0, 0.1) is 0 Å². The summed E-state index contributed by atoms with van der Waals surface area (Å²) in [4.78, 5) is 14.8. The minimum atomic E-state index is -3.64. The monoisotopic (exact) mass is 430 g/mol. The van der Waals surface area contributed by atoms with E-state index in [4.69, 9.17) is 23.2 Å². The highest BCUT2D eigenvalue weighted by Gasteiger charge is 2.56. The lowest BCUT2D eigenvalue weighted by molar-refractivity contribution is -0.119. The predicted molar refractivity (Wildman–Crippen MR) is 107 cm³/mol. The first kappa shape index (κ1) is 19.5. The molecular weight excluding hydrogens is 407 g/mol. The number of nitrogens with zero attached hydrogens (tertiary/aromatic N) is 2. The number of halogens is 2. The van der Waals surface area contributed by atoms with Crippen molar-refractivity contribution in [2.45, 2.75) is 67.1 Å². The van der Waals surface area contributed by atoms with Crippen molar-refractivity contribution in [3.63, 3.8) is 0 Å². The van der Waals surface area contributed by atoms with Gasteiger partial charge in [-0.2, -0.15) is 4.31 Å². The summed E-state index contributed by atoms with van der Waals surface area (Å²) in [5, 5.41) is 0. The van der Waals surface area contributed by atoms with Gasteiger partial charge in [-0.1, -0.05) is 36.5 Å². The minimum absolute atomic E-state index is 0.0940. The number of amides is 1. The Bertz CT molecular complexity index is 921. The van der Waals surface area contributed by atoms with Crippen LogP contribution in [0.4, 0.5) is 5.69 Å². The van der Waals surface area contributed by atoms with Crippen molar-refractivity contribution >= 4 is 44.8 Å². The van der Waals surface area contributed by atoms with Crippen LogP contribution in [0.25, 0.3) is 0 Å². The van der Waals surface area contributed by atoms with Gasteiger partial charge in [-0.15, -0.1) is 0 Å². The Labute approximate surface area is 170 Å². The number of rotatable bonds is 2. The van der Waals surface area contributed by atoms with E-state index in [9.17, 15) is 13.2 Å². The normalized spacial score (nSPS) is 26.9. The van der Waals surface area contributed by atoms with E-state index in [1.807, 2.05) is 13.8 Å². The smallest absolute Gasteiger partial charge is 0.268 e. The molecule has 0 N–H and O–H groups in total. The SMILES string of the molecule is CC1CC(C)(C)N2C(=O)C(Cl)(Cl)c3cc(S(=O)(=O)N4CCCCC4)cc1c32. The highest BCUT2D eigenvalue weighted by atomic mass is 35.5. The van der Waals surface area contributed by atoms with Crippen LogP contribution in [0.1, 0.15) is 63.5 Å². The van der Waals surface area contributed by atoms with E-state index in [0.29, 0.717) is 30.8 Å². The summed E-state index contributed by atoms with van der Waals surface area (Å²) in [6.07, 6.45) is 3.48. The molecule has 3 aliphatic heterocycles. The predicted octanol–water partition coefficient (Wildman–Crippen LogP) is 4.12. The molecule has 1 aromatic rings. The summed E-state index contributed by atoms with van der Waals surface area (Å²) in [6, 6.07) is 3.23. The summed E-state index contributed by atoms with van der Waals surface area (Å²) >= 11 is 12.9. The third-order valence-corrected chi connectivity index (χ3v) is 8.65. The molecule has 4 rings (SSSR count). The molecule has 1 saturated heterocycles. The van der Waals surface area contributed by atoms with Crippen LogP contribution in [-0.4, -0.2) is 37.3 Å². The third-order valence-electron chi connectivity index (χ3n) is 6.04. The van der Waals surface area contributed by atoms with Gasteiger partial charge in [0.1, 0.15) is 0 Å². The van der Waals surface area contributed by atoms with Crippen molar-refractivity contribution in [3.8, 4) is 0 Å². The number of alkyl halides is 2. The quantitative estimate of drug-likeness (QED) is 0.662. The second kappa shape index (κ2) is 6.09. The Morgan fingerprint density at radius 1 is 1.11 bits per heavy atom. The number of piperidine rings is 1. The first-order chi connectivity index (χ1) is 12.5. The number of benzene rings is 1. The maximum atomic E-state index is 13.2. The second-order valence-corrected chi connectivity index (χ2v) is 11.8.